The molecule has 0 saturated carbocycles. The lowest BCUT2D eigenvalue weighted by Gasteiger charge is -1.99. The third-order valence-corrected chi connectivity index (χ3v) is 1.70. The smallest absolute Gasteiger partial charge is 0.342 e. The lowest BCUT2D eigenvalue weighted by Crippen LogP contribution is -1.99. The zero-order chi connectivity index (χ0) is 6.69. The van der Waals surface area contributed by atoms with Crippen molar-refractivity contribution in [1.29, 1.82) is 0 Å². The molecule has 0 amide bonds. The van der Waals surface area contributed by atoms with E-state index in [4.69, 9.17) is 5.11 Å². The van der Waals surface area contributed by atoms with E-state index in [9.17, 15) is 4.79 Å². The highest BCUT2D eigenvalue weighted by Gasteiger charge is 2.07. The van der Waals surface area contributed by atoms with E-state index in [0.717, 1.165) is 11.8 Å². The van der Waals surface area contributed by atoms with Crippen molar-refractivity contribution in [3.8, 4) is 0 Å². The number of aliphatic carboxylic acids is 1. The van der Waals surface area contributed by atoms with Crippen LogP contribution in [0.5, 0.6) is 0 Å². The number of hydrogen-bond acceptors (Lipinski definition) is 3. The summed E-state index contributed by atoms with van der Waals surface area (Å²) in [6.45, 7) is 0.495. The predicted octanol–water partition coefficient (Wildman–Crippen LogP) is 0.730. The molecule has 0 aromatic carbocycles. The Morgan fingerprint density at radius 3 is 3.00 bits per heavy atom. The number of carboxylic acid groups (broad SMARTS) is 1. The molecule has 48 valence electrons. The molecule has 1 aliphatic heterocycles. The van der Waals surface area contributed by atoms with Gasteiger partial charge in [0.1, 0.15) is 0 Å². The predicted molar refractivity (Wildman–Crippen MR) is 36.7 cm³/mol. The van der Waals surface area contributed by atoms with Crippen molar-refractivity contribution in [2.75, 3.05) is 6.54 Å². The van der Waals surface area contributed by atoms with Crippen LogP contribution in [0.1, 0.15) is 0 Å². The van der Waals surface area contributed by atoms with Crippen molar-refractivity contribution in [2.45, 2.75) is 0 Å². The number of aliphatic imine (C=N–C) groups is 1. The second-order valence-corrected chi connectivity index (χ2v) is 2.35. The van der Waals surface area contributed by atoms with Gasteiger partial charge in [-0.1, -0.05) is 11.8 Å². The first-order valence-corrected chi connectivity index (χ1v) is 3.27. The fourth-order valence-corrected chi connectivity index (χ4v) is 1.00. The van der Waals surface area contributed by atoms with Crippen LogP contribution in [0.15, 0.2) is 16.0 Å². The fraction of sp³-hybridized carbons (Fsp3) is 0.200. The molecule has 4 heteroatoms. The second-order valence-electron chi connectivity index (χ2n) is 1.46. The van der Waals surface area contributed by atoms with Gasteiger partial charge < -0.3 is 5.11 Å². The first-order valence-electron chi connectivity index (χ1n) is 2.39. The third-order valence-electron chi connectivity index (χ3n) is 0.847. The normalized spacial score (nSPS) is 17.1. The summed E-state index contributed by atoms with van der Waals surface area (Å²) in [7, 11) is 0. The van der Waals surface area contributed by atoms with Gasteiger partial charge in [0, 0.05) is 0 Å². The molecule has 1 aliphatic rings. The molecule has 0 aromatic rings. The molecule has 0 spiro atoms. The van der Waals surface area contributed by atoms with Crippen LogP contribution in [-0.2, 0) is 4.79 Å². The Kier molecular flexibility index (Phi) is 1.89. The van der Waals surface area contributed by atoms with E-state index in [1.165, 1.54) is 0 Å². The van der Waals surface area contributed by atoms with Gasteiger partial charge in [-0.05, 0) is 6.08 Å². The maximum Gasteiger partial charge on any atom is 0.342 e. The van der Waals surface area contributed by atoms with E-state index in [2.05, 4.69) is 4.99 Å². The highest BCUT2D eigenvalue weighted by molar-refractivity contribution is 8.16. The number of carboxylic acids is 1. The highest BCUT2D eigenvalue weighted by atomic mass is 32.2. The lowest BCUT2D eigenvalue weighted by molar-refractivity contribution is -0.131. The molecule has 0 fully saturated rings. The van der Waals surface area contributed by atoms with Crippen LogP contribution in [0.2, 0.25) is 0 Å². The van der Waals surface area contributed by atoms with E-state index in [1.54, 1.807) is 11.6 Å². The summed E-state index contributed by atoms with van der Waals surface area (Å²) in [5.74, 6) is -0.869. The van der Waals surface area contributed by atoms with Crippen LogP contribution in [-0.4, -0.2) is 23.2 Å². The average molecular weight is 143 g/mol. The van der Waals surface area contributed by atoms with Crippen LogP contribution < -0.4 is 0 Å². The van der Waals surface area contributed by atoms with Crippen LogP contribution >= 0.6 is 11.8 Å². The molecular weight excluding hydrogens is 138 g/mol. The molecule has 9 heavy (non-hydrogen) atoms. The molecule has 1 heterocycles. The number of rotatable bonds is 1. The van der Waals surface area contributed by atoms with Crippen molar-refractivity contribution in [3.05, 3.63) is 11.0 Å². The molecule has 0 aliphatic carbocycles. The van der Waals surface area contributed by atoms with Gasteiger partial charge in [-0.25, -0.2) is 4.79 Å². The van der Waals surface area contributed by atoms with E-state index in [-0.39, 0.29) is 0 Å². The topological polar surface area (TPSA) is 49.7 Å². The minimum absolute atomic E-state index is 0.366. The SMILES string of the molecule is O=C(O)C1=CCN=CS1. The van der Waals surface area contributed by atoms with Crippen molar-refractivity contribution in [1.82, 2.24) is 0 Å². The van der Waals surface area contributed by atoms with Gasteiger partial charge in [-0.2, -0.15) is 0 Å². The summed E-state index contributed by atoms with van der Waals surface area (Å²) in [6, 6.07) is 0. The first kappa shape index (κ1) is 6.35. The molecule has 0 saturated heterocycles. The summed E-state index contributed by atoms with van der Waals surface area (Å²) in [4.78, 5) is 14.4. The molecule has 0 radical (unpaired) electrons. The molecule has 0 atom stereocenters. The first-order chi connectivity index (χ1) is 4.30. The summed E-state index contributed by atoms with van der Waals surface area (Å²) in [6.07, 6.45) is 1.59. The standard InChI is InChI=1S/C5H5NO2S/c7-5(8)4-1-2-6-3-9-4/h1,3H,2H2,(H,7,8). The van der Waals surface area contributed by atoms with Crippen LogP contribution in [0.3, 0.4) is 0 Å². The largest absolute Gasteiger partial charge is 0.477 e. The van der Waals surface area contributed by atoms with Gasteiger partial charge in [-0.3, -0.25) is 4.99 Å². The maximum atomic E-state index is 10.2. The molecule has 1 N–H and O–H groups in total. The van der Waals surface area contributed by atoms with Gasteiger partial charge in [0.25, 0.3) is 0 Å². The summed E-state index contributed by atoms with van der Waals surface area (Å²) >= 11 is 1.14. The molecule has 3 nitrogen and oxygen atoms in total. The molecule has 0 unspecified atom stereocenters. The van der Waals surface area contributed by atoms with Crippen LogP contribution in [0.4, 0.5) is 0 Å². The Balaban J connectivity index is 2.61. The summed E-state index contributed by atoms with van der Waals surface area (Å²) in [5, 5.41) is 8.39. The third kappa shape index (κ3) is 1.57. The Morgan fingerprint density at radius 1 is 1.89 bits per heavy atom. The Bertz CT molecular complexity index is 185. The molecule has 0 aromatic heterocycles. The van der Waals surface area contributed by atoms with Crippen molar-refractivity contribution < 1.29 is 9.90 Å². The van der Waals surface area contributed by atoms with Gasteiger partial charge in [0.05, 0.1) is 17.0 Å². The van der Waals surface area contributed by atoms with Gasteiger partial charge in [-0.15, -0.1) is 0 Å². The lowest BCUT2D eigenvalue weighted by atomic mass is 10.5. The maximum absolute atomic E-state index is 10.2. The number of thioether (sulfide) groups is 1. The summed E-state index contributed by atoms with van der Waals surface area (Å²) in [5.41, 5.74) is 1.55. The molecule has 1 rings (SSSR count). The quantitative estimate of drug-likeness (QED) is 0.588. The monoisotopic (exact) mass is 143 g/mol. The van der Waals surface area contributed by atoms with Gasteiger partial charge >= 0.3 is 5.97 Å². The highest BCUT2D eigenvalue weighted by Crippen LogP contribution is 2.15. The minimum atomic E-state index is -0.869. The van der Waals surface area contributed by atoms with Crippen molar-refractivity contribution in [2.24, 2.45) is 4.99 Å². The van der Waals surface area contributed by atoms with Gasteiger partial charge in [0.2, 0.25) is 0 Å². The zero-order valence-corrected chi connectivity index (χ0v) is 5.39. The fourth-order valence-electron chi connectivity index (χ4n) is 0.459. The average Bonchev–Trinajstić information content (AvgIpc) is 1.90. The number of nitrogens with zero attached hydrogens (tertiary/aromatic N) is 1. The number of carbonyl (C=O) groups is 1. The summed E-state index contributed by atoms with van der Waals surface area (Å²) < 4.78 is 0. The Morgan fingerprint density at radius 2 is 2.67 bits per heavy atom. The number of hydrogen-bond donors (Lipinski definition) is 1. The minimum Gasteiger partial charge on any atom is -0.477 e. The van der Waals surface area contributed by atoms with E-state index < -0.39 is 5.97 Å². The Hall–Kier alpha value is -0.770. The zero-order valence-electron chi connectivity index (χ0n) is 4.57. The van der Waals surface area contributed by atoms with Crippen LogP contribution in [0, 0.1) is 0 Å². The van der Waals surface area contributed by atoms with E-state index in [1.807, 2.05) is 0 Å². The van der Waals surface area contributed by atoms with Crippen molar-refractivity contribution >= 4 is 23.3 Å². The van der Waals surface area contributed by atoms with E-state index >= 15 is 0 Å². The van der Waals surface area contributed by atoms with E-state index in [0.29, 0.717) is 11.4 Å². The van der Waals surface area contributed by atoms with Gasteiger partial charge in [0.15, 0.2) is 0 Å². The van der Waals surface area contributed by atoms with Crippen LogP contribution in [0.25, 0.3) is 0 Å². The molecule has 0 bridgehead atoms. The Labute approximate surface area is 56.5 Å². The van der Waals surface area contributed by atoms with Crippen molar-refractivity contribution in [3.63, 3.8) is 0 Å². The molecular formula is C5H5NO2S. The second kappa shape index (κ2) is 2.68.